The van der Waals surface area contributed by atoms with Crippen LogP contribution in [0.3, 0.4) is 0 Å². The normalized spacial score (nSPS) is 20.6. The smallest absolute Gasteiger partial charge is 0.226 e. The van der Waals surface area contributed by atoms with E-state index in [1.807, 2.05) is 6.92 Å². The topological polar surface area (TPSA) is 29.1 Å². The highest BCUT2D eigenvalue weighted by molar-refractivity contribution is 5.83. The van der Waals surface area contributed by atoms with Gasteiger partial charge in [-0.3, -0.25) is 4.79 Å². The zero-order valence-electron chi connectivity index (χ0n) is 9.02. The van der Waals surface area contributed by atoms with Crippen LogP contribution in [0.5, 0.6) is 0 Å². The van der Waals surface area contributed by atoms with E-state index in [-0.39, 0.29) is 11.3 Å². The van der Waals surface area contributed by atoms with Crippen molar-refractivity contribution in [1.82, 2.24) is 5.32 Å². The van der Waals surface area contributed by atoms with Crippen LogP contribution >= 0.6 is 0 Å². The first-order chi connectivity index (χ1) is 6.13. The van der Waals surface area contributed by atoms with Crippen molar-refractivity contribution in [1.29, 1.82) is 0 Å². The minimum absolute atomic E-state index is 0.0456. The summed E-state index contributed by atoms with van der Waals surface area (Å²) in [6, 6.07) is 0. The van der Waals surface area contributed by atoms with Gasteiger partial charge in [-0.1, -0.05) is 26.7 Å². The van der Waals surface area contributed by atoms with Crippen LogP contribution in [0.4, 0.5) is 0 Å². The summed E-state index contributed by atoms with van der Waals surface area (Å²) in [6.07, 6.45) is 4.59. The first kappa shape index (κ1) is 10.6. The Morgan fingerprint density at radius 3 is 2.31 bits per heavy atom. The predicted molar refractivity (Wildman–Crippen MR) is 54.4 cm³/mol. The molecule has 2 heteroatoms. The first-order valence-corrected chi connectivity index (χ1v) is 5.42. The van der Waals surface area contributed by atoms with Crippen molar-refractivity contribution in [3.8, 4) is 0 Å². The number of nitrogens with one attached hydrogen (secondary N) is 1. The van der Waals surface area contributed by atoms with Gasteiger partial charge in [0.25, 0.3) is 0 Å². The van der Waals surface area contributed by atoms with Gasteiger partial charge in [0.1, 0.15) is 0 Å². The van der Waals surface area contributed by atoms with Crippen molar-refractivity contribution in [3.05, 3.63) is 0 Å². The van der Waals surface area contributed by atoms with E-state index >= 15 is 0 Å². The quantitative estimate of drug-likeness (QED) is 0.715. The third-order valence-electron chi connectivity index (χ3n) is 3.39. The molecule has 0 bridgehead atoms. The Hall–Kier alpha value is -0.530. The SMILES string of the molecule is CCNC(=O)C1(C(C)C)CCCC1. The number of carbonyl (C=O) groups is 1. The van der Waals surface area contributed by atoms with Crippen molar-refractivity contribution in [2.75, 3.05) is 6.54 Å². The molecule has 76 valence electrons. The van der Waals surface area contributed by atoms with Gasteiger partial charge in [0.05, 0.1) is 5.41 Å². The molecule has 0 radical (unpaired) electrons. The highest BCUT2D eigenvalue weighted by Crippen LogP contribution is 2.44. The zero-order chi connectivity index (χ0) is 9.90. The van der Waals surface area contributed by atoms with E-state index in [2.05, 4.69) is 19.2 Å². The molecule has 0 spiro atoms. The molecule has 0 aromatic carbocycles. The molecule has 0 saturated heterocycles. The molecule has 1 rings (SSSR count). The monoisotopic (exact) mass is 183 g/mol. The van der Waals surface area contributed by atoms with Crippen LogP contribution in [0.25, 0.3) is 0 Å². The highest BCUT2D eigenvalue weighted by atomic mass is 16.2. The van der Waals surface area contributed by atoms with E-state index in [0.717, 1.165) is 19.4 Å². The van der Waals surface area contributed by atoms with Gasteiger partial charge in [0, 0.05) is 6.54 Å². The van der Waals surface area contributed by atoms with Crippen molar-refractivity contribution < 1.29 is 4.79 Å². The van der Waals surface area contributed by atoms with Crippen molar-refractivity contribution in [3.63, 3.8) is 0 Å². The fraction of sp³-hybridized carbons (Fsp3) is 0.909. The van der Waals surface area contributed by atoms with E-state index in [4.69, 9.17) is 0 Å². The van der Waals surface area contributed by atoms with E-state index in [1.165, 1.54) is 12.8 Å². The lowest BCUT2D eigenvalue weighted by Gasteiger charge is -2.31. The summed E-state index contributed by atoms with van der Waals surface area (Å²) in [5.74, 6) is 0.754. The van der Waals surface area contributed by atoms with Gasteiger partial charge >= 0.3 is 0 Å². The molecule has 2 nitrogen and oxygen atoms in total. The van der Waals surface area contributed by atoms with Gasteiger partial charge < -0.3 is 5.32 Å². The number of amides is 1. The molecule has 1 aliphatic rings. The molecular formula is C11H21NO. The van der Waals surface area contributed by atoms with Crippen LogP contribution in [0.15, 0.2) is 0 Å². The number of hydrogen-bond donors (Lipinski definition) is 1. The Kier molecular flexibility index (Phi) is 3.34. The van der Waals surface area contributed by atoms with E-state index in [9.17, 15) is 4.79 Å². The minimum atomic E-state index is -0.0456. The molecule has 1 saturated carbocycles. The maximum absolute atomic E-state index is 11.9. The van der Waals surface area contributed by atoms with Gasteiger partial charge in [0.2, 0.25) is 5.91 Å². The maximum atomic E-state index is 11.9. The van der Waals surface area contributed by atoms with Gasteiger partial charge in [-0.2, -0.15) is 0 Å². The van der Waals surface area contributed by atoms with Gasteiger partial charge in [-0.15, -0.1) is 0 Å². The molecule has 0 unspecified atom stereocenters. The Bertz CT molecular complexity index is 181. The predicted octanol–water partition coefficient (Wildman–Crippen LogP) is 2.34. The van der Waals surface area contributed by atoms with Gasteiger partial charge in [-0.25, -0.2) is 0 Å². The summed E-state index contributed by atoms with van der Waals surface area (Å²) in [6.45, 7) is 7.08. The number of rotatable bonds is 3. The minimum Gasteiger partial charge on any atom is -0.356 e. The molecule has 0 heterocycles. The fourth-order valence-corrected chi connectivity index (χ4v) is 2.41. The summed E-state index contributed by atoms with van der Waals surface area (Å²) in [5.41, 5.74) is -0.0456. The van der Waals surface area contributed by atoms with Crippen LogP contribution in [-0.4, -0.2) is 12.5 Å². The summed E-state index contributed by atoms with van der Waals surface area (Å²) >= 11 is 0. The van der Waals surface area contributed by atoms with Crippen molar-refractivity contribution in [2.24, 2.45) is 11.3 Å². The van der Waals surface area contributed by atoms with E-state index in [1.54, 1.807) is 0 Å². The van der Waals surface area contributed by atoms with Crippen LogP contribution in [-0.2, 0) is 4.79 Å². The Morgan fingerprint density at radius 1 is 1.38 bits per heavy atom. The van der Waals surface area contributed by atoms with Crippen LogP contribution in [0.2, 0.25) is 0 Å². The molecule has 0 atom stereocenters. The van der Waals surface area contributed by atoms with Crippen LogP contribution < -0.4 is 5.32 Å². The fourth-order valence-electron chi connectivity index (χ4n) is 2.41. The molecule has 1 fully saturated rings. The summed E-state index contributed by atoms with van der Waals surface area (Å²) in [5, 5.41) is 2.97. The van der Waals surface area contributed by atoms with Crippen molar-refractivity contribution in [2.45, 2.75) is 46.5 Å². The lowest BCUT2D eigenvalue weighted by molar-refractivity contribution is -0.133. The molecule has 1 N–H and O–H groups in total. The van der Waals surface area contributed by atoms with E-state index < -0.39 is 0 Å². The molecule has 1 amide bonds. The van der Waals surface area contributed by atoms with Gasteiger partial charge in [0.15, 0.2) is 0 Å². The van der Waals surface area contributed by atoms with Crippen LogP contribution in [0, 0.1) is 11.3 Å². The second kappa shape index (κ2) is 4.12. The highest BCUT2D eigenvalue weighted by Gasteiger charge is 2.43. The Morgan fingerprint density at radius 2 is 1.92 bits per heavy atom. The molecule has 1 aliphatic carbocycles. The van der Waals surface area contributed by atoms with Gasteiger partial charge in [-0.05, 0) is 25.7 Å². The molecular weight excluding hydrogens is 162 g/mol. The molecule has 0 aromatic heterocycles. The summed E-state index contributed by atoms with van der Waals surface area (Å²) in [7, 11) is 0. The van der Waals surface area contributed by atoms with Crippen molar-refractivity contribution >= 4 is 5.91 Å². The van der Waals surface area contributed by atoms with Crippen LogP contribution in [0.1, 0.15) is 46.5 Å². The second-order valence-electron chi connectivity index (χ2n) is 4.38. The standard InChI is InChI=1S/C11H21NO/c1-4-12-10(13)11(9(2)3)7-5-6-8-11/h9H,4-8H2,1-3H3,(H,12,13). The molecule has 0 aliphatic heterocycles. The third-order valence-corrected chi connectivity index (χ3v) is 3.39. The molecule has 13 heavy (non-hydrogen) atoms. The summed E-state index contributed by atoms with van der Waals surface area (Å²) in [4.78, 5) is 11.9. The second-order valence-corrected chi connectivity index (χ2v) is 4.38. The maximum Gasteiger partial charge on any atom is 0.226 e. The number of carbonyl (C=O) groups excluding carboxylic acids is 1. The number of hydrogen-bond acceptors (Lipinski definition) is 1. The lowest BCUT2D eigenvalue weighted by atomic mass is 9.75. The third kappa shape index (κ3) is 1.87. The largest absolute Gasteiger partial charge is 0.356 e. The average Bonchev–Trinajstić information content (AvgIpc) is 2.53. The van der Waals surface area contributed by atoms with E-state index in [0.29, 0.717) is 5.92 Å². The molecule has 0 aromatic rings. The summed E-state index contributed by atoms with van der Waals surface area (Å²) < 4.78 is 0. The Balaban J connectivity index is 2.72. The Labute approximate surface area is 81.1 Å². The first-order valence-electron chi connectivity index (χ1n) is 5.42. The average molecular weight is 183 g/mol. The zero-order valence-corrected chi connectivity index (χ0v) is 9.02. The lowest BCUT2D eigenvalue weighted by Crippen LogP contribution is -2.42.